The van der Waals surface area contributed by atoms with Crippen molar-refractivity contribution in [2.75, 3.05) is 11.1 Å². The molecule has 0 fully saturated rings. The predicted octanol–water partition coefficient (Wildman–Crippen LogP) is 3.74. The topological polar surface area (TPSA) is 90.1 Å². The van der Waals surface area contributed by atoms with Gasteiger partial charge in [0, 0.05) is 6.20 Å². The number of carbonyl (C=O) groups is 1. The first-order valence-corrected chi connectivity index (χ1v) is 9.01. The van der Waals surface area contributed by atoms with Crippen molar-refractivity contribution < 1.29 is 13.9 Å². The van der Waals surface area contributed by atoms with Crippen LogP contribution in [0.15, 0.2) is 52.2 Å². The maximum absolute atomic E-state index is 12.0. The molecule has 1 aromatic carbocycles. The molecule has 0 bridgehead atoms. The predicted molar refractivity (Wildman–Crippen MR) is 98.4 cm³/mol. The number of nitrogens with one attached hydrogen (secondary N) is 1. The number of nitrogens with zero attached hydrogens (tertiary/aromatic N) is 3. The molecule has 0 aliphatic rings. The zero-order chi connectivity index (χ0) is 18.4. The number of ether oxygens (including phenoxy) is 1. The van der Waals surface area contributed by atoms with Gasteiger partial charge >= 0.3 is 0 Å². The molecule has 134 valence electrons. The van der Waals surface area contributed by atoms with Crippen molar-refractivity contribution in [3.05, 3.63) is 59.2 Å². The van der Waals surface area contributed by atoms with Crippen LogP contribution >= 0.6 is 23.4 Å². The lowest BCUT2D eigenvalue weighted by atomic mass is 10.2. The molecular weight excluding hydrogens is 376 g/mol. The summed E-state index contributed by atoms with van der Waals surface area (Å²) >= 11 is 7.02. The van der Waals surface area contributed by atoms with Crippen molar-refractivity contribution in [2.45, 2.75) is 18.8 Å². The van der Waals surface area contributed by atoms with Crippen LogP contribution < -0.4 is 10.1 Å². The van der Waals surface area contributed by atoms with Crippen LogP contribution in [-0.2, 0) is 11.4 Å². The number of hydrogen-bond donors (Lipinski definition) is 1. The van der Waals surface area contributed by atoms with Crippen LogP contribution in [0.25, 0.3) is 0 Å². The Morgan fingerprint density at radius 2 is 2.19 bits per heavy atom. The maximum atomic E-state index is 12.0. The van der Waals surface area contributed by atoms with Crippen molar-refractivity contribution in [1.82, 2.24) is 15.2 Å². The van der Waals surface area contributed by atoms with Crippen LogP contribution in [0.3, 0.4) is 0 Å². The fourth-order valence-corrected chi connectivity index (χ4v) is 2.74. The summed E-state index contributed by atoms with van der Waals surface area (Å²) in [6, 6.07) is 11.0. The number of benzene rings is 1. The van der Waals surface area contributed by atoms with E-state index in [-0.39, 0.29) is 23.4 Å². The normalized spacial score (nSPS) is 10.5. The number of rotatable bonds is 7. The largest absolute Gasteiger partial charge is 0.484 e. The Kier molecular flexibility index (Phi) is 6.08. The summed E-state index contributed by atoms with van der Waals surface area (Å²) in [5.41, 5.74) is 1.56. The van der Waals surface area contributed by atoms with Gasteiger partial charge in [-0.3, -0.25) is 4.79 Å². The van der Waals surface area contributed by atoms with Crippen LogP contribution in [0.1, 0.15) is 11.5 Å². The maximum Gasteiger partial charge on any atom is 0.277 e. The van der Waals surface area contributed by atoms with E-state index in [4.69, 9.17) is 20.8 Å². The molecule has 9 heteroatoms. The van der Waals surface area contributed by atoms with Crippen LogP contribution in [0, 0.1) is 6.92 Å². The van der Waals surface area contributed by atoms with E-state index < -0.39 is 0 Å². The molecule has 2 aromatic heterocycles. The molecule has 1 amide bonds. The highest BCUT2D eigenvalue weighted by Gasteiger charge is 2.11. The van der Waals surface area contributed by atoms with Crippen molar-refractivity contribution >= 4 is 35.0 Å². The molecule has 0 radical (unpaired) electrons. The standard InChI is InChI=1S/C17H15ClN4O3S/c1-11-4-2-5-12(8-11)24-9-15-21-22-17(25-15)26-10-14(23)20-13-6-3-7-19-16(13)18/h2-8H,9-10H2,1H3,(H,20,23). The minimum atomic E-state index is -0.249. The summed E-state index contributed by atoms with van der Waals surface area (Å²) in [5, 5.41) is 11.0. The van der Waals surface area contributed by atoms with Gasteiger partial charge in [0.15, 0.2) is 11.8 Å². The molecule has 3 rings (SSSR count). The number of thioether (sulfide) groups is 1. The summed E-state index contributed by atoms with van der Waals surface area (Å²) < 4.78 is 11.1. The quantitative estimate of drug-likeness (QED) is 0.485. The van der Waals surface area contributed by atoms with E-state index in [1.165, 1.54) is 0 Å². The number of halogens is 1. The zero-order valence-electron chi connectivity index (χ0n) is 13.8. The molecule has 1 N–H and O–H groups in total. The second-order valence-electron chi connectivity index (χ2n) is 5.25. The number of carbonyl (C=O) groups excluding carboxylic acids is 1. The van der Waals surface area contributed by atoms with Crippen LogP contribution in [0.4, 0.5) is 5.69 Å². The summed E-state index contributed by atoms with van der Waals surface area (Å²) in [5.74, 6) is 0.918. The number of amides is 1. The Labute approximate surface area is 159 Å². The first kappa shape index (κ1) is 18.2. The van der Waals surface area contributed by atoms with Gasteiger partial charge in [-0.05, 0) is 36.8 Å². The molecule has 0 spiro atoms. The van der Waals surface area contributed by atoms with Crippen molar-refractivity contribution in [1.29, 1.82) is 0 Å². The van der Waals surface area contributed by atoms with Gasteiger partial charge in [0.25, 0.3) is 11.1 Å². The van der Waals surface area contributed by atoms with Gasteiger partial charge in [-0.25, -0.2) is 4.98 Å². The highest BCUT2D eigenvalue weighted by molar-refractivity contribution is 7.99. The minimum Gasteiger partial charge on any atom is -0.484 e. The molecule has 26 heavy (non-hydrogen) atoms. The molecule has 0 atom stereocenters. The van der Waals surface area contributed by atoms with E-state index in [1.807, 2.05) is 31.2 Å². The number of pyridine rings is 1. The molecular formula is C17H15ClN4O3S. The van der Waals surface area contributed by atoms with Crippen LogP contribution in [0.2, 0.25) is 5.15 Å². The van der Waals surface area contributed by atoms with Crippen molar-refractivity contribution in [3.63, 3.8) is 0 Å². The molecule has 0 saturated carbocycles. The van der Waals surface area contributed by atoms with Gasteiger partial charge in [-0.2, -0.15) is 0 Å². The smallest absolute Gasteiger partial charge is 0.277 e. The summed E-state index contributed by atoms with van der Waals surface area (Å²) in [4.78, 5) is 15.8. The highest BCUT2D eigenvalue weighted by Crippen LogP contribution is 2.20. The third kappa shape index (κ3) is 5.21. The Morgan fingerprint density at radius 3 is 3.00 bits per heavy atom. The van der Waals surface area contributed by atoms with Gasteiger partial charge in [0.2, 0.25) is 5.91 Å². The molecule has 3 aromatic rings. The summed E-state index contributed by atoms with van der Waals surface area (Å²) in [6.07, 6.45) is 1.55. The fraction of sp³-hybridized carbons (Fsp3) is 0.176. The second kappa shape index (κ2) is 8.68. The van der Waals surface area contributed by atoms with Crippen molar-refractivity contribution in [2.24, 2.45) is 0 Å². The summed E-state index contributed by atoms with van der Waals surface area (Å²) in [6.45, 7) is 2.15. The minimum absolute atomic E-state index is 0.103. The van der Waals surface area contributed by atoms with Gasteiger partial charge in [-0.1, -0.05) is 35.5 Å². The average molecular weight is 391 g/mol. The monoisotopic (exact) mass is 390 g/mol. The van der Waals surface area contributed by atoms with Gasteiger partial charge < -0.3 is 14.5 Å². The molecule has 0 aliphatic carbocycles. The lowest BCUT2D eigenvalue weighted by Gasteiger charge is -2.04. The second-order valence-corrected chi connectivity index (χ2v) is 6.53. The number of anilines is 1. The number of hydrogen-bond acceptors (Lipinski definition) is 7. The SMILES string of the molecule is Cc1cccc(OCc2nnc(SCC(=O)Nc3cccnc3Cl)o2)c1. The van der Waals surface area contributed by atoms with Gasteiger partial charge in [0.1, 0.15) is 5.75 Å². The fourth-order valence-electron chi connectivity index (χ4n) is 2.00. The van der Waals surface area contributed by atoms with E-state index in [0.29, 0.717) is 16.8 Å². The third-order valence-electron chi connectivity index (χ3n) is 3.16. The molecule has 0 unspecified atom stereocenters. The van der Waals surface area contributed by atoms with E-state index in [1.54, 1.807) is 18.3 Å². The highest BCUT2D eigenvalue weighted by atomic mass is 35.5. The first-order valence-electron chi connectivity index (χ1n) is 7.65. The van der Waals surface area contributed by atoms with E-state index in [0.717, 1.165) is 23.1 Å². The van der Waals surface area contributed by atoms with Crippen LogP contribution in [0.5, 0.6) is 5.75 Å². The Bertz CT molecular complexity index is 903. The van der Waals surface area contributed by atoms with E-state index >= 15 is 0 Å². The van der Waals surface area contributed by atoms with Crippen molar-refractivity contribution in [3.8, 4) is 5.75 Å². The zero-order valence-corrected chi connectivity index (χ0v) is 15.4. The lowest BCUT2D eigenvalue weighted by Crippen LogP contribution is -2.14. The summed E-state index contributed by atoms with van der Waals surface area (Å²) in [7, 11) is 0. The average Bonchev–Trinajstić information content (AvgIpc) is 3.08. The molecule has 7 nitrogen and oxygen atoms in total. The number of aromatic nitrogens is 3. The molecule has 0 saturated heterocycles. The van der Waals surface area contributed by atoms with E-state index in [9.17, 15) is 4.79 Å². The van der Waals surface area contributed by atoms with Crippen LogP contribution in [-0.4, -0.2) is 26.8 Å². The molecule has 2 heterocycles. The van der Waals surface area contributed by atoms with Gasteiger partial charge in [-0.15, -0.1) is 10.2 Å². The Hall–Kier alpha value is -2.58. The van der Waals surface area contributed by atoms with Gasteiger partial charge in [0.05, 0.1) is 11.4 Å². The Morgan fingerprint density at radius 1 is 1.31 bits per heavy atom. The Balaban J connectivity index is 1.47. The van der Waals surface area contributed by atoms with E-state index in [2.05, 4.69) is 20.5 Å². The third-order valence-corrected chi connectivity index (χ3v) is 4.28. The number of aryl methyl sites for hydroxylation is 1. The first-order chi connectivity index (χ1) is 12.6. The lowest BCUT2D eigenvalue weighted by molar-refractivity contribution is -0.113. The molecule has 0 aliphatic heterocycles.